The molecule has 0 saturated heterocycles. The van der Waals surface area contributed by atoms with Crippen molar-refractivity contribution in [2.45, 2.75) is 31.2 Å². The molecule has 3 aromatic carbocycles. The molecule has 5 rings (SSSR count). The number of fused-ring (bicyclic) bond motifs is 2. The van der Waals surface area contributed by atoms with Gasteiger partial charge < -0.3 is 9.30 Å². The first-order valence-corrected chi connectivity index (χ1v) is 13.6. The topological polar surface area (TPSA) is 81.0 Å². The molecule has 4 aromatic rings. The second-order valence-electron chi connectivity index (χ2n) is 8.27. The van der Waals surface area contributed by atoms with Gasteiger partial charge in [-0.1, -0.05) is 36.5 Å². The molecule has 0 fully saturated rings. The number of aryl methyl sites for hydroxylation is 1. The average Bonchev–Trinajstić information content (AvgIpc) is 3.46. The number of amides is 1. The number of carbonyl (C=O) groups excluding carboxylic acids is 1. The van der Waals surface area contributed by atoms with Crippen LogP contribution in [0.3, 0.4) is 0 Å². The highest BCUT2D eigenvalue weighted by Crippen LogP contribution is 2.32. The summed E-state index contributed by atoms with van der Waals surface area (Å²) in [5, 5.41) is 0. The molecule has 0 spiro atoms. The van der Waals surface area contributed by atoms with Crippen molar-refractivity contribution in [2.24, 2.45) is 4.99 Å². The lowest BCUT2D eigenvalue weighted by molar-refractivity contribution is 0.0997. The molecule has 7 nitrogen and oxygen atoms in total. The van der Waals surface area contributed by atoms with Crippen molar-refractivity contribution in [3.63, 3.8) is 0 Å². The first-order chi connectivity index (χ1) is 16.9. The smallest absolute Gasteiger partial charge is 0.279 e. The Morgan fingerprint density at radius 3 is 2.60 bits per heavy atom. The van der Waals surface area contributed by atoms with Crippen LogP contribution in [0.5, 0.6) is 5.75 Å². The van der Waals surface area contributed by atoms with Gasteiger partial charge in [-0.05, 0) is 60.9 Å². The van der Waals surface area contributed by atoms with Gasteiger partial charge in [-0.3, -0.25) is 9.10 Å². The number of thiazole rings is 1. The third-order valence-corrected chi connectivity index (χ3v) is 8.95. The first kappa shape index (κ1) is 23.3. The van der Waals surface area contributed by atoms with Crippen LogP contribution < -0.4 is 13.8 Å². The van der Waals surface area contributed by atoms with Crippen molar-refractivity contribution in [1.29, 1.82) is 0 Å². The van der Waals surface area contributed by atoms with Gasteiger partial charge in [0.25, 0.3) is 15.9 Å². The van der Waals surface area contributed by atoms with Crippen molar-refractivity contribution >= 4 is 43.2 Å². The molecule has 2 heterocycles. The fraction of sp³-hybridized carbons (Fsp3) is 0.231. The summed E-state index contributed by atoms with van der Waals surface area (Å²) in [6.07, 6.45) is 1.57. The minimum Gasteiger partial charge on any atom is -0.497 e. The lowest BCUT2D eigenvalue weighted by atomic mass is 10.2. The van der Waals surface area contributed by atoms with E-state index in [1.54, 1.807) is 7.11 Å². The average molecular weight is 508 g/mol. The molecular weight excluding hydrogens is 482 g/mol. The van der Waals surface area contributed by atoms with Crippen LogP contribution in [-0.2, 0) is 23.0 Å². The van der Waals surface area contributed by atoms with Gasteiger partial charge in [-0.25, -0.2) is 8.42 Å². The quantitative estimate of drug-likeness (QED) is 0.382. The zero-order valence-corrected chi connectivity index (χ0v) is 21.1. The van der Waals surface area contributed by atoms with E-state index in [1.165, 1.54) is 39.9 Å². The van der Waals surface area contributed by atoms with E-state index in [9.17, 15) is 13.2 Å². The molecule has 0 unspecified atom stereocenters. The number of hydrogen-bond acceptors (Lipinski definition) is 5. The summed E-state index contributed by atoms with van der Waals surface area (Å²) in [5.74, 6) is 0.333. The Hall–Kier alpha value is -3.43. The highest BCUT2D eigenvalue weighted by atomic mass is 32.2. The van der Waals surface area contributed by atoms with Crippen LogP contribution in [0, 0.1) is 0 Å². The van der Waals surface area contributed by atoms with E-state index >= 15 is 0 Å². The summed E-state index contributed by atoms with van der Waals surface area (Å²) in [7, 11) is -2.09. The second-order valence-corrected chi connectivity index (χ2v) is 11.1. The van der Waals surface area contributed by atoms with Crippen molar-refractivity contribution in [3.8, 4) is 5.75 Å². The largest absolute Gasteiger partial charge is 0.497 e. The van der Waals surface area contributed by atoms with Crippen LogP contribution in [0.4, 0.5) is 5.69 Å². The normalized spacial score (nSPS) is 13.9. The summed E-state index contributed by atoms with van der Waals surface area (Å²) < 4.78 is 36.3. The molecule has 0 N–H and O–H groups in total. The van der Waals surface area contributed by atoms with Crippen LogP contribution in [0.2, 0.25) is 0 Å². The number of sulfonamides is 1. The van der Waals surface area contributed by atoms with Gasteiger partial charge in [-0.2, -0.15) is 4.99 Å². The maximum absolute atomic E-state index is 13.2. The highest BCUT2D eigenvalue weighted by molar-refractivity contribution is 7.92. The molecular formula is C26H25N3O4S2. The van der Waals surface area contributed by atoms with Crippen molar-refractivity contribution in [1.82, 2.24) is 4.57 Å². The van der Waals surface area contributed by atoms with E-state index in [4.69, 9.17) is 4.74 Å². The molecule has 0 bridgehead atoms. The Morgan fingerprint density at radius 2 is 1.86 bits per heavy atom. The minimum absolute atomic E-state index is 0.153. The Balaban J connectivity index is 1.46. The molecule has 0 atom stereocenters. The van der Waals surface area contributed by atoms with E-state index in [-0.39, 0.29) is 4.90 Å². The fourth-order valence-electron chi connectivity index (χ4n) is 4.31. The van der Waals surface area contributed by atoms with E-state index in [1.807, 2.05) is 47.0 Å². The number of nitrogens with zero attached hydrogens (tertiary/aromatic N) is 3. The third-order valence-electron chi connectivity index (χ3n) is 6.07. The molecule has 9 heteroatoms. The summed E-state index contributed by atoms with van der Waals surface area (Å²) in [6, 6.07) is 19.3. The zero-order chi connectivity index (χ0) is 24.6. The fourth-order valence-corrected chi connectivity index (χ4v) is 6.84. The maximum atomic E-state index is 13.2. The van der Waals surface area contributed by atoms with Crippen LogP contribution in [0.25, 0.3) is 10.2 Å². The van der Waals surface area contributed by atoms with E-state index in [2.05, 4.69) is 11.9 Å². The predicted molar refractivity (Wildman–Crippen MR) is 138 cm³/mol. The van der Waals surface area contributed by atoms with Gasteiger partial charge in [0.05, 0.1) is 27.9 Å². The summed E-state index contributed by atoms with van der Waals surface area (Å²) in [5.41, 5.74) is 3.03. The maximum Gasteiger partial charge on any atom is 0.279 e. The molecule has 35 heavy (non-hydrogen) atoms. The van der Waals surface area contributed by atoms with Crippen molar-refractivity contribution < 1.29 is 17.9 Å². The Labute approximate surface area is 208 Å². The molecule has 0 aliphatic carbocycles. The van der Waals surface area contributed by atoms with E-state index in [0.717, 1.165) is 28.0 Å². The lowest BCUT2D eigenvalue weighted by Crippen LogP contribution is -2.29. The van der Waals surface area contributed by atoms with Gasteiger partial charge in [0, 0.05) is 24.7 Å². The zero-order valence-electron chi connectivity index (χ0n) is 19.5. The van der Waals surface area contributed by atoms with E-state index < -0.39 is 15.9 Å². The van der Waals surface area contributed by atoms with Gasteiger partial charge in [0.15, 0.2) is 4.80 Å². The molecule has 1 aromatic heterocycles. The molecule has 1 aliphatic heterocycles. The van der Waals surface area contributed by atoms with Gasteiger partial charge in [0.2, 0.25) is 0 Å². The number of anilines is 1. The molecule has 0 saturated carbocycles. The van der Waals surface area contributed by atoms with Gasteiger partial charge in [-0.15, -0.1) is 0 Å². The Morgan fingerprint density at radius 1 is 1.09 bits per heavy atom. The highest BCUT2D eigenvalue weighted by Gasteiger charge is 2.30. The van der Waals surface area contributed by atoms with Gasteiger partial charge >= 0.3 is 0 Å². The number of ether oxygens (including phenoxy) is 1. The number of aromatic nitrogens is 1. The second kappa shape index (κ2) is 9.31. The first-order valence-electron chi connectivity index (χ1n) is 11.4. The predicted octanol–water partition coefficient (Wildman–Crippen LogP) is 4.61. The summed E-state index contributed by atoms with van der Waals surface area (Å²) >= 11 is 1.44. The Kier molecular flexibility index (Phi) is 6.21. The Bertz CT molecular complexity index is 1590. The van der Waals surface area contributed by atoms with E-state index in [0.29, 0.717) is 35.6 Å². The monoisotopic (exact) mass is 507 g/mol. The molecule has 0 radical (unpaired) electrons. The number of para-hydroxylation sites is 1. The summed E-state index contributed by atoms with van der Waals surface area (Å²) in [6.45, 7) is 3.19. The molecule has 180 valence electrons. The molecule has 1 aliphatic rings. The molecule has 1 amide bonds. The summed E-state index contributed by atoms with van der Waals surface area (Å²) in [4.78, 5) is 18.1. The number of methoxy groups -OCH3 is 1. The number of hydrogen-bond donors (Lipinski definition) is 0. The lowest BCUT2D eigenvalue weighted by Gasteiger charge is -2.19. The standard InChI is InChI=1S/C26H25N3O4S2/c1-3-15-28-23-17-20(33-2)10-13-24(23)34-26(28)27-25(30)19-8-11-21(12-9-19)35(31,32)29-16-14-18-6-4-5-7-22(18)29/h4-13,17H,3,14-16H2,1-2H3. The SMILES string of the molecule is CCCn1c(=NC(=O)c2ccc(S(=O)(=O)N3CCc4ccccc43)cc2)sc2ccc(OC)cc21. The number of carbonyl (C=O) groups is 1. The number of rotatable bonds is 6. The van der Waals surface area contributed by atoms with Gasteiger partial charge in [0.1, 0.15) is 5.75 Å². The third kappa shape index (κ3) is 4.26. The van der Waals surface area contributed by atoms with Crippen LogP contribution >= 0.6 is 11.3 Å². The minimum atomic E-state index is -3.71. The van der Waals surface area contributed by atoms with Crippen molar-refractivity contribution in [2.75, 3.05) is 18.0 Å². The van der Waals surface area contributed by atoms with Crippen LogP contribution in [-0.4, -0.2) is 32.5 Å². The van der Waals surface area contributed by atoms with Crippen LogP contribution in [0.1, 0.15) is 29.3 Å². The van der Waals surface area contributed by atoms with Crippen LogP contribution in [0.15, 0.2) is 76.6 Å². The number of benzene rings is 3. The van der Waals surface area contributed by atoms with Crippen molar-refractivity contribution in [3.05, 3.63) is 82.7 Å².